The zero-order valence-corrected chi connectivity index (χ0v) is 10.5. The molecule has 0 fully saturated rings. The third-order valence-electron chi connectivity index (χ3n) is 3.33. The zero-order chi connectivity index (χ0) is 13.4. The number of carboxylic acids is 1. The van der Waals surface area contributed by atoms with E-state index in [2.05, 4.69) is 4.98 Å². The highest BCUT2D eigenvalue weighted by atomic mass is 16.5. The molecule has 0 saturated heterocycles. The Bertz CT molecular complexity index is 652. The average Bonchev–Trinajstić information content (AvgIpc) is 2.43. The molecule has 19 heavy (non-hydrogen) atoms. The number of nitrogens with zero attached hydrogens (tertiary/aromatic N) is 1. The van der Waals surface area contributed by atoms with E-state index < -0.39 is 11.9 Å². The number of para-hydroxylation sites is 1. The van der Waals surface area contributed by atoms with Crippen molar-refractivity contribution in [2.75, 3.05) is 0 Å². The summed E-state index contributed by atoms with van der Waals surface area (Å²) >= 11 is 0. The molecule has 0 bridgehead atoms. The number of ether oxygens (including phenoxy) is 1. The van der Waals surface area contributed by atoms with E-state index in [1.165, 1.54) is 0 Å². The Morgan fingerprint density at radius 1 is 1.26 bits per heavy atom. The summed E-state index contributed by atoms with van der Waals surface area (Å²) in [7, 11) is 0. The van der Waals surface area contributed by atoms with E-state index in [0.29, 0.717) is 11.6 Å². The monoisotopic (exact) mass is 255 g/mol. The van der Waals surface area contributed by atoms with Crippen LogP contribution in [0.5, 0.6) is 11.6 Å². The van der Waals surface area contributed by atoms with E-state index >= 15 is 0 Å². The van der Waals surface area contributed by atoms with Crippen LogP contribution in [0.2, 0.25) is 0 Å². The van der Waals surface area contributed by atoms with Crippen molar-refractivity contribution in [2.24, 2.45) is 0 Å². The second-order valence-electron chi connectivity index (χ2n) is 4.65. The highest BCUT2D eigenvalue weighted by Gasteiger charge is 2.21. The van der Waals surface area contributed by atoms with Crippen LogP contribution in [0.3, 0.4) is 0 Å². The molecule has 0 saturated carbocycles. The predicted molar refractivity (Wildman–Crippen MR) is 69.6 cm³/mol. The van der Waals surface area contributed by atoms with E-state index in [0.717, 1.165) is 23.3 Å². The third kappa shape index (κ3) is 2.05. The molecule has 3 rings (SSSR count). The standard InChI is InChI=1S/C15H13NO3/c1-9(15(17)18)12-7-6-11-8-10-4-2-3-5-13(10)19-14(11)16-12/h2-7,9H,8H2,1H3,(H,17,18). The number of carbonyl (C=O) groups is 1. The fourth-order valence-electron chi connectivity index (χ4n) is 2.13. The maximum absolute atomic E-state index is 11.0. The van der Waals surface area contributed by atoms with Crippen LogP contribution in [0.4, 0.5) is 0 Å². The fraction of sp³-hybridized carbons (Fsp3) is 0.200. The van der Waals surface area contributed by atoms with E-state index in [1.807, 2.05) is 30.3 Å². The van der Waals surface area contributed by atoms with Crippen LogP contribution in [-0.2, 0) is 11.2 Å². The van der Waals surface area contributed by atoms with Crippen LogP contribution in [-0.4, -0.2) is 16.1 Å². The Labute approximate surface area is 110 Å². The molecule has 1 atom stereocenters. The van der Waals surface area contributed by atoms with Gasteiger partial charge in [-0.15, -0.1) is 0 Å². The normalized spacial score (nSPS) is 13.9. The smallest absolute Gasteiger partial charge is 0.312 e. The van der Waals surface area contributed by atoms with Crippen LogP contribution in [0.15, 0.2) is 36.4 Å². The molecular formula is C15H13NO3. The lowest BCUT2D eigenvalue weighted by molar-refractivity contribution is -0.138. The number of hydrogen-bond acceptors (Lipinski definition) is 3. The Balaban J connectivity index is 1.98. The van der Waals surface area contributed by atoms with Gasteiger partial charge in [0.05, 0.1) is 11.6 Å². The lowest BCUT2D eigenvalue weighted by Gasteiger charge is -2.20. The van der Waals surface area contributed by atoms with E-state index in [-0.39, 0.29) is 0 Å². The van der Waals surface area contributed by atoms with Gasteiger partial charge in [-0.05, 0) is 24.6 Å². The molecule has 4 heteroatoms. The van der Waals surface area contributed by atoms with Gasteiger partial charge in [0.15, 0.2) is 0 Å². The van der Waals surface area contributed by atoms with Crippen molar-refractivity contribution in [1.29, 1.82) is 0 Å². The molecule has 1 unspecified atom stereocenters. The minimum atomic E-state index is -0.886. The first-order valence-electron chi connectivity index (χ1n) is 6.13. The van der Waals surface area contributed by atoms with Crippen molar-refractivity contribution in [3.05, 3.63) is 53.2 Å². The maximum atomic E-state index is 11.0. The van der Waals surface area contributed by atoms with Gasteiger partial charge in [0, 0.05) is 12.0 Å². The first-order chi connectivity index (χ1) is 9.15. The quantitative estimate of drug-likeness (QED) is 0.764. The molecule has 1 N–H and O–H groups in total. The number of rotatable bonds is 2. The highest BCUT2D eigenvalue weighted by Crippen LogP contribution is 2.35. The van der Waals surface area contributed by atoms with E-state index in [4.69, 9.17) is 9.84 Å². The van der Waals surface area contributed by atoms with Crippen molar-refractivity contribution >= 4 is 5.97 Å². The number of fused-ring (bicyclic) bond motifs is 2. The SMILES string of the molecule is CC(C(=O)O)c1ccc2c(n1)Oc1ccccc1C2. The number of carboxylic acid groups (broad SMARTS) is 1. The summed E-state index contributed by atoms with van der Waals surface area (Å²) in [5, 5.41) is 9.02. The number of benzene rings is 1. The molecule has 0 aliphatic carbocycles. The zero-order valence-electron chi connectivity index (χ0n) is 10.5. The van der Waals surface area contributed by atoms with Gasteiger partial charge in [-0.2, -0.15) is 0 Å². The lowest BCUT2D eigenvalue weighted by atomic mass is 10.0. The predicted octanol–water partition coefficient (Wildman–Crippen LogP) is 2.97. The minimum Gasteiger partial charge on any atom is -0.481 e. The van der Waals surface area contributed by atoms with Gasteiger partial charge >= 0.3 is 5.97 Å². The molecule has 2 aromatic rings. The van der Waals surface area contributed by atoms with Crippen LogP contribution in [0, 0.1) is 0 Å². The van der Waals surface area contributed by atoms with Gasteiger partial charge in [0.2, 0.25) is 5.88 Å². The average molecular weight is 255 g/mol. The van der Waals surface area contributed by atoms with Crippen molar-refractivity contribution in [1.82, 2.24) is 4.98 Å². The largest absolute Gasteiger partial charge is 0.481 e. The molecule has 4 nitrogen and oxygen atoms in total. The first-order valence-corrected chi connectivity index (χ1v) is 6.13. The summed E-state index contributed by atoms with van der Waals surface area (Å²) in [6, 6.07) is 11.5. The fourth-order valence-corrected chi connectivity index (χ4v) is 2.13. The molecule has 0 radical (unpaired) electrons. The van der Waals surface area contributed by atoms with Crippen molar-refractivity contribution in [3.63, 3.8) is 0 Å². The van der Waals surface area contributed by atoms with E-state index in [1.54, 1.807) is 13.0 Å². The van der Waals surface area contributed by atoms with Crippen molar-refractivity contribution in [2.45, 2.75) is 19.3 Å². The van der Waals surface area contributed by atoms with Gasteiger partial charge in [-0.3, -0.25) is 4.79 Å². The lowest BCUT2D eigenvalue weighted by Crippen LogP contribution is -2.12. The summed E-state index contributed by atoms with van der Waals surface area (Å²) in [5.41, 5.74) is 2.63. The van der Waals surface area contributed by atoms with Gasteiger partial charge < -0.3 is 9.84 Å². The summed E-state index contributed by atoms with van der Waals surface area (Å²) in [6.45, 7) is 1.62. The molecule has 1 aliphatic heterocycles. The van der Waals surface area contributed by atoms with Crippen molar-refractivity contribution < 1.29 is 14.6 Å². The summed E-state index contributed by atoms with van der Waals surface area (Å²) in [6.07, 6.45) is 0.764. The topological polar surface area (TPSA) is 59.4 Å². The summed E-state index contributed by atoms with van der Waals surface area (Å²) < 4.78 is 5.74. The van der Waals surface area contributed by atoms with Gasteiger partial charge in [0.25, 0.3) is 0 Å². The van der Waals surface area contributed by atoms with Crippen LogP contribution < -0.4 is 4.74 Å². The Hall–Kier alpha value is -2.36. The summed E-state index contributed by atoms with van der Waals surface area (Å²) in [4.78, 5) is 15.3. The number of aliphatic carboxylic acids is 1. The second kappa shape index (κ2) is 4.39. The first kappa shape index (κ1) is 11.7. The van der Waals surface area contributed by atoms with E-state index in [9.17, 15) is 4.79 Å². The van der Waals surface area contributed by atoms with Gasteiger partial charge in [-0.1, -0.05) is 24.3 Å². The molecule has 2 heterocycles. The minimum absolute atomic E-state index is 0.518. The Kier molecular flexibility index (Phi) is 2.71. The molecular weight excluding hydrogens is 242 g/mol. The number of pyridine rings is 1. The number of aromatic nitrogens is 1. The third-order valence-corrected chi connectivity index (χ3v) is 3.33. The molecule has 1 aromatic heterocycles. The van der Waals surface area contributed by atoms with Crippen LogP contribution in [0.25, 0.3) is 0 Å². The molecule has 0 amide bonds. The van der Waals surface area contributed by atoms with Gasteiger partial charge in [-0.25, -0.2) is 4.98 Å². The van der Waals surface area contributed by atoms with Gasteiger partial charge in [0.1, 0.15) is 5.75 Å². The molecule has 0 spiro atoms. The number of hydrogen-bond donors (Lipinski definition) is 1. The molecule has 1 aromatic carbocycles. The molecule has 1 aliphatic rings. The maximum Gasteiger partial charge on any atom is 0.312 e. The second-order valence-corrected chi connectivity index (χ2v) is 4.65. The van der Waals surface area contributed by atoms with Crippen LogP contribution in [0.1, 0.15) is 29.7 Å². The van der Waals surface area contributed by atoms with Crippen molar-refractivity contribution in [3.8, 4) is 11.6 Å². The Morgan fingerprint density at radius 3 is 2.84 bits per heavy atom. The molecule has 96 valence electrons. The Morgan fingerprint density at radius 2 is 2.05 bits per heavy atom. The van der Waals surface area contributed by atoms with Crippen LogP contribution >= 0.6 is 0 Å². The highest BCUT2D eigenvalue weighted by molar-refractivity contribution is 5.75. The summed E-state index contributed by atoms with van der Waals surface area (Å²) in [5.74, 6) is -0.207.